The van der Waals surface area contributed by atoms with Crippen molar-refractivity contribution in [3.05, 3.63) is 24.2 Å². The van der Waals surface area contributed by atoms with Gasteiger partial charge in [0, 0.05) is 25.3 Å². The molecular weight excluding hydrogens is 280 g/mol. The van der Waals surface area contributed by atoms with E-state index in [1.54, 1.807) is 6.20 Å². The van der Waals surface area contributed by atoms with Crippen LogP contribution in [-0.2, 0) is 6.54 Å². The number of piperidine rings is 1. The van der Waals surface area contributed by atoms with Crippen LogP contribution in [0.1, 0.15) is 37.5 Å². The van der Waals surface area contributed by atoms with E-state index in [9.17, 15) is 0 Å². The maximum atomic E-state index is 4.20. The summed E-state index contributed by atoms with van der Waals surface area (Å²) in [6, 6.07) is 4.90. The summed E-state index contributed by atoms with van der Waals surface area (Å²) in [5, 5.41) is 23.8. The van der Waals surface area contributed by atoms with Gasteiger partial charge in [-0.15, -0.1) is 10.2 Å². The van der Waals surface area contributed by atoms with Crippen LogP contribution in [0.2, 0.25) is 0 Å². The molecule has 1 aliphatic heterocycles. The molecule has 0 spiro atoms. The molecule has 8 heteroatoms. The summed E-state index contributed by atoms with van der Waals surface area (Å²) < 4.78 is 1.97. The van der Waals surface area contributed by atoms with E-state index < -0.39 is 0 Å². The number of hydrogen-bond acceptors (Lipinski definition) is 7. The van der Waals surface area contributed by atoms with E-state index in [1.807, 2.05) is 16.8 Å². The lowest BCUT2D eigenvalue weighted by Crippen LogP contribution is -2.46. The molecule has 8 nitrogen and oxygen atoms in total. The van der Waals surface area contributed by atoms with Crippen molar-refractivity contribution in [1.82, 2.24) is 35.7 Å². The van der Waals surface area contributed by atoms with Crippen molar-refractivity contribution < 1.29 is 0 Å². The Morgan fingerprint density at radius 3 is 3.00 bits per heavy atom. The second kappa shape index (κ2) is 5.96. The molecule has 1 saturated heterocycles. The van der Waals surface area contributed by atoms with Gasteiger partial charge in [0.2, 0.25) is 0 Å². The van der Waals surface area contributed by atoms with Gasteiger partial charge < -0.3 is 10.2 Å². The van der Waals surface area contributed by atoms with Crippen LogP contribution in [0.4, 0.5) is 5.82 Å². The van der Waals surface area contributed by atoms with Gasteiger partial charge in [-0.2, -0.15) is 5.10 Å². The second-order valence-electron chi connectivity index (χ2n) is 6.02. The average molecular weight is 300 g/mol. The molecule has 0 unspecified atom stereocenters. The topological polar surface area (TPSA) is 84.7 Å². The van der Waals surface area contributed by atoms with Crippen LogP contribution in [0.5, 0.6) is 0 Å². The van der Waals surface area contributed by atoms with Crippen LogP contribution in [0.25, 0.3) is 0 Å². The van der Waals surface area contributed by atoms with Gasteiger partial charge in [0.05, 0.1) is 12.6 Å². The normalized spacial score (nSPS) is 22.0. The number of nitrogens with one attached hydrogen (secondary N) is 1. The Morgan fingerprint density at radius 1 is 1.23 bits per heavy atom. The second-order valence-corrected chi connectivity index (χ2v) is 6.02. The number of rotatable bonds is 5. The minimum Gasteiger partial charge on any atom is -0.354 e. The first-order valence-electron chi connectivity index (χ1n) is 7.93. The quantitative estimate of drug-likeness (QED) is 0.863. The van der Waals surface area contributed by atoms with Crippen molar-refractivity contribution in [2.45, 2.75) is 44.3 Å². The Labute approximate surface area is 128 Å². The molecule has 3 heterocycles. The van der Waals surface area contributed by atoms with Crippen molar-refractivity contribution >= 4 is 5.82 Å². The standard InChI is InChI=1S/C14H20N8/c1-4-13(17-16-7-1)21-8-2-3-11(10-21)15-9-14-18-19-20-22(14)12-5-6-12/h1,4,7,11-12,15H,2-3,5-6,8-10H2/t11-/m1/s1. The maximum Gasteiger partial charge on any atom is 0.165 e. The minimum atomic E-state index is 0.431. The Morgan fingerprint density at radius 2 is 2.18 bits per heavy atom. The third-order valence-electron chi connectivity index (χ3n) is 4.31. The third kappa shape index (κ3) is 2.92. The molecule has 22 heavy (non-hydrogen) atoms. The molecule has 2 aromatic rings. The van der Waals surface area contributed by atoms with Gasteiger partial charge in [-0.05, 0) is 48.2 Å². The lowest BCUT2D eigenvalue weighted by molar-refractivity contribution is 0.408. The molecule has 1 aliphatic carbocycles. The van der Waals surface area contributed by atoms with E-state index in [-0.39, 0.29) is 0 Å². The van der Waals surface area contributed by atoms with Crippen LogP contribution in [-0.4, -0.2) is 49.5 Å². The SMILES string of the molecule is c1cnnc(N2CCC[C@@H](NCc3nnnn3C3CC3)C2)c1. The molecule has 2 aliphatic rings. The maximum absolute atomic E-state index is 4.20. The summed E-state index contributed by atoms with van der Waals surface area (Å²) in [4.78, 5) is 2.29. The number of nitrogens with zero attached hydrogens (tertiary/aromatic N) is 7. The zero-order valence-electron chi connectivity index (χ0n) is 12.5. The Kier molecular flexibility index (Phi) is 3.67. The van der Waals surface area contributed by atoms with Crippen LogP contribution in [0, 0.1) is 0 Å². The number of hydrogen-bond donors (Lipinski definition) is 1. The zero-order chi connectivity index (χ0) is 14.8. The van der Waals surface area contributed by atoms with Gasteiger partial charge in [0.25, 0.3) is 0 Å². The first-order chi connectivity index (χ1) is 10.9. The molecule has 1 N–H and O–H groups in total. The fourth-order valence-corrected chi connectivity index (χ4v) is 2.98. The van der Waals surface area contributed by atoms with Gasteiger partial charge >= 0.3 is 0 Å². The summed E-state index contributed by atoms with van der Waals surface area (Å²) in [5.74, 6) is 1.90. The van der Waals surface area contributed by atoms with Crippen molar-refractivity contribution in [2.24, 2.45) is 0 Å². The number of anilines is 1. The smallest absolute Gasteiger partial charge is 0.165 e. The molecule has 1 atom stereocenters. The molecule has 0 radical (unpaired) electrons. The van der Waals surface area contributed by atoms with Crippen molar-refractivity contribution in [3.63, 3.8) is 0 Å². The highest BCUT2D eigenvalue weighted by Crippen LogP contribution is 2.34. The summed E-state index contributed by atoms with van der Waals surface area (Å²) in [6.45, 7) is 2.71. The van der Waals surface area contributed by atoms with Crippen LogP contribution in [0.3, 0.4) is 0 Å². The largest absolute Gasteiger partial charge is 0.354 e. The number of tetrazole rings is 1. The molecule has 0 bridgehead atoms. The monoisotopic (exact) mass is 300 g/mol. The first kappa shape index (κ1) is 13.6. The minimum absolute atomic E-state index is 0.431. The third-order valence-corrected chi connectivity index (χ3v) is 4.31. The van der Waals surface area contributed by atoms with Gasteiger partial charge in [-0.25, -0.2) is 4.68 Å². The molecule has 0 amide bonds. The highest BCUT2D eigenvalue weighted by Gasteiger charge is 2.28. The molecule has 0 aromatic carbocycles. The van der Waals surface area contributed by atoms with E-state index in [0.717, 1.165) is 37.7 Å². The highest BCUT2D eigenvalue weighted by atomic mass is 15.6. The summed E-state index contributed by atoms with van der Waals surface area (Å²) in [7, 11) is 0. The van der Waals surface area contributed by atoms with Gasteiger partial charge in [0.15, 0.2) is 11.6 Å². The van der Waals surface area contributed by atoms with Crippen molar-refractivity contribution in [2.75, 3.05) is 18.0 Å². The molecule has 2 aromatic heterocycles. The average Bonchev–Trinajstić information content (AvgIpc) is 3.32. The van der Waals surface area contributed by atoms with Gasteiger partial charge in [-0.1, -0.05) is 0 Å². The van der Waals surface area contributed by atoms with E-state index in [0.29, 0.717) is 12.1 Å². The van der Waals surface area contributed by atoms with Crippen LogP contribution in [0.15, 0.2) is 18.3 Å². The van der Waals surface area contributed by atoms with Gasteiger partial charge in [-0.3, -0.25) is 0 Å². The molecular formula is C14H20N8. The Hall–Kier alpha value is -2.09. The Balaban J connectivity index is 1.35. The Bertz CT molecular complexity index is 608. The van der Waals surface area contributed by atoms with E-state index in [1.165, 1.54) is 19.3 Å². The molecule has 1 saturated carbocycles. The van der Waals surface area contributed by atoms with E-state index >= 15 is 0 Å². The zero-order valence-corrected chi connectivity index (χ0v) is 12.5. The predicted octanol–water partition coefficient (Wildman–Crippen LogP) is 0.557. The lowest BCUT2D eigenvalue weighted by Gasteiger charge is -2.33. The van der Waals surface area contributed by atoms with Crippen LogP contribution >= 0.6 is 0 Å². The fraction of sp³-hybridized carbons (Fsp3) is 0.643. The van der Waals surface area contributed by atoms with E-state index in [2.05, 4.69) is 35.9 Å². The summed E-state index contributed by atoms with van der Waals surface area (Å²) in [6.07, 6.45) is 6.42. The van der Waals surface area contributed by atoms with Crippen LogP contribution < -0.4 is 10.2 Å². The van der Waals surface area contributed by atoms with Crippen molar-refractivity contribution in [1.29, 1.82) is 0 Å². The first-order valence-corrected chi connectivity index (χ1v) is 7.93. The molecule has 4 rings (SSSR count). The molecule has 116 valence electrons. The van der Waals surface area contributed by atoms with Gasteiger partial charge in [0.1, 0.15) is 0 Å². The van der Waals surface area contributed by atoms with E-state index in [4.69, 9.17) is 0 Å². The summed E-state index contributed by atoms with van der Waals surface area (Å²) >= 11 is 0. The summed E-state index contributed by atoms with van der Waals surface area (Å²) in [5.41, 5.74) is 0. The number of aromatic nitrogens is 6. The fourth-order valence-electron chi connectivity index (χ4n) is 2.98. The highest BCUT2D eigenvalue weighted by molar-refractivity contribution is 5.37. The molecule has 2 fully saturated rings. The van der Waals surface area contributed by atoms with Crippen molar-refractivity contribution in [3.8, 4) is 0 Å². The lowest BCUT2D eigenvalue weighted by atomic mass is 10.1. The predicted molar refractivity (Wildman–Crippen MR) is 80.2 cm³/mol.